The lowest BCUT2D eigenvalue weighted by molar-refractivity contribution is -0.116. The minimum atomic E-state index is -0.128. The van der Waals surface area contributed by atoms with Gasteiger partial charge in [-0.3, -0.25) is 9.59 Å². The van der Waals surface area contributed by atoms with E-state index in [4.69, 9.17) is 0 Å². The van der Waals surface area contributed by atoms with Gasteiger partial charge in [-0.2, -0.15) is 0 Å². The van der Waals surface area contributed by atoms with Gasteiger partial charge in [0.15, 0.2) is 0 Å². The summed E-state index contributed by atoms with van der Waals surface area (Å²) >= 11 is 0. The molecule has 0 bridgehead atoms. The molecule has 2 aromatic carbocycles. The molecule has 0 spiro atoms. The summed E-state index contributed by atoms with van der Waals surface area (Å²) < 4.78 is 0. The van der Waals surface area contributed by atoms with E-state index in [1.165, 1.54) is 0 Å². The molecule has 2 amide bonds. The first-order chi connectivity index (χ1) is 11.1. The number of carbonyl (C=O) groups excluding carboxylic acids is 2. The van der Waals surface area contributed by atoms with Crippen molar-refractivity contribution in [2.24, 2.45) is 0 Å². The van der Waals surface area contributed by atoms with Crippen LogP contribution in [0, 0.1) is 6.92 Å². The molecule has 2 rings (SSSR count). The molecule has 5 nitrogen and oxygen atoms in total. The van der Waals surface area contributed by atoms with E-state index in [1.54, 1.807) is 13.0 Å². The van der Waals surface area contributed by atoms with Crippen LogP contribution in [0.4, 0.5) is 17.1 Å². The number of amides is 2. The molecule has 0 atom stereocenters. The van der Waals surface area contributed by atoms with Gasteiger partial charge in [0.2, 0.25) is 11.8 Å². The molecule has 23 heavy (non-hydrogen) atoms. The van der Waals surface area contributed by atoms with Crippen LogP contribution in [-0.4, -0.2) is 18.4 Å². The van der Waals surface area contributed by atoms with Gasteiger partial charge in [0.05, 0.1) is 6.54 Å². The summed E-state index contributed by atoms with van der Waals surface area (Å²) in [6.07, 6.45) is 0.427. The van der Waals surface area contributed by atoms with Crippen LogP contribution >= 0.6 is 0 Å². The number of rotatable bonds is 6. The number of aryl methyl sites for hydroxylation is 1. The fourth-order valence-electron chi connectivity index (χ4n) is 1.98. The number of nitrogens with one attached hydrogen (secondary N) is 3. The standard InChI is InChI=1S/C18H21N3O2/c1-3-17(22)21-16-6-4-5-15(11-16)19-12-18(23)20-14-9-7-13(2)8-10-14/h4-11,19H,3,12H2,1-2H3,(H,20,23)(H,21,22). The largest absolute Gasteiger partial charge is 0.376 e. The molecule has 3 N–H and O–H groups in total. The molecule has 2 aromatic rings. The smallest absolute Gasteiger partial charge is 0.243 e. The van der Waals surface area contributed by atoms with Gasteiger partial charge < -0.3 is 16.0 Å². The second-order valence-electron chi connectivity index (χ2n) is 5.25. The van der Waals surface area contributed by atoms with Crippen molar-refractivity contribution in [3.8, 4) is 0 Å². The van der Waals surface area contributed by atoms with Gasteiger partial charge in [-0.15, -0.1) is 0 Å². The van der Waals surface area contributed by atoms with Crippen molar-refractivity contribution in [2.45, 2.75) is 20.3 Å². The summed E-state index contributed by atoms with van der Waals surface area (Å²) in [6, 6.07) is 14.9. The molecular weight excluding hydrogens is 290 g/mol. The molecule has 0 saturated heterocycles. The van der Waals surface area contributed by atoms with Gasteiger partial charge in [-0.25, -0.2) is 0 Å². The lowest BCUT2D eigenvalue weighted by Crippen LogP contribution is -2.21. The highest BCUT2D eigenvalue weighted by atomic mass is 16.2. The van der Waals surface area contributed by atoms with Crippen LogP contribution in [0.1, 0.15) is 18.9 Å². The lowest BCUT2D eigenvalue weighted by Gasteiger charge is -2.10. The third-order valence-corrected chi connectivity index (χ3v) is 3.26. The SMILES string of the molecule is CCC(=O)Nc1cccc(NCC(=O)Nc2ccc(C)cc2)c1. The lowest BCUT2D eigenvalue weighted by atomic mass is 10.2. The molecule has 0 aromatic heterocycles. The predicted molar refractivity (Wildman–Crippen MR) is 93.7 cm³/mol. The average Bonchev–Trinajstić information content (AvgIpc) is 2.55. The quantitative estimate of drug-likeness (QED) is 0.766. The Balaban J connectivity index is 1.87. The van der Waals surface area contributed by atoms with E-state index in [1.807, 2.05) is 49.4 Å². The summed E-state index contributed by atoms with van der Waals surface area (Å²) in [4.78, 5) is 23.3. The van der Waals surface area contributed by atoms with Gasteiger partial charge in [-0.05, 0) is 37.3 Å². The van der Waals surface area contributed by atoms with Gasteiger partial charge in [0.25, 0.3) is 0 Å². The summed E-state index contributed by atoms with van der Waals surface area (Å²) in [5.41, 5.74) is 3.40. The van der Waals surface area contributed by atoms with E-state index in [0.29, 0.717) is 12.1 Å². The maximum atomic E-state index is 11.9. The topological polar surface area (TPSA) is 70.2 Å². The molecule has 0 aliphatic carbocycles. The summed E-state index contributed by atoms with van der Waals surface area (Å²) in [5, 5.41) is 8.65. The van der Waals surface area contributed by atoms with Gasteiger partial charge in [0.1, 0.15) is 0 Å². The van der Waals surface area contributed by atoms with Gasteiger partial charge in [-0.1, -0.05) is 30.7 Å². The van der Waals surface area contributed by atoms with Crippen molar-refractivity contribution >= 4 is 28.9 Å². The Labute approximate surface area is 136 Å². The molecule has 0 radical (unpaired) electrons. The maximum Gasteiger partial charge on any atom is 0.243 e. The van der Waals surface area contributed by atoms with E-state index in [0.717, 1.165) is 16.9 Å². The zero-order chi connectivity index (χ0) is 16.7. The third-order valence-electron chi connectivity index (χ3n) is 3.26. The van der Waals surface area contributed by atoms with Crippen LogP contribution in [0.15, 0.2) is 48.5 Å². The van der Waals surface area contributed by atoms with Crippen LogP contribution < -0.4 is 16.0 Å². The van der Waals surface area contributed by atoms with E-state index in [2.05, 4.69) is 16.0 Å². The number of hydrogen-bond donors (Lipinski definition) is 3. The normalized spacial score (nSPS) is 10.0. The molecule has 0 fully saturated rings. The number of benzene rings is 2. The first kappa shape index (κ1) is 16.5. The molecular formula is C18H21N3O2. The van der Waals surface area contributed by atoms with Crippen LogP contribution in [0.25, 0.3) is 0 Å². The summed E-state index contributed by atoms with van der Waals surface area (Å²) in [7, 11) is 0. The molecule has 0 aliphatic heterocycles. The highest BCUT2D eigenvalue weighted by Crippen LogP contribution is 2.15. The fourth-order valence-corrected chi connectivity index (χ4v) is 1.98. The first-order valence-electron chi connectivity index (χ1n) is 7.57. The van der Waals surface area contributed by atoms with E-state index in [9.17, 15) is 9.59 Å². The zero-order valence-electron chi connectivity index (χ0n) is 13.3. The van der Waals surface area contributed by atoms with Gasteiger partial charge in [0, 0.05) is 23.5 Å². The minimum Gasteiger partial charge on any atom is -0.376 e. The first-order valence-corrected chi connectivity index (χ1v) is 7.57. The second kappa shape index (κ2) is 7.98. The van der Waals surface area contributed by atoms with Crippen molar-refractivity contribution < 1.29 is 9.59 Å². The molecule has 0 aliphatic rings. The molecule has 0 unspecified atom stereocenters. The highest BCUT2D eigenvalue weighted by molar-refractivity contribution is 5.94. The Kier molecular flexibility index (Phi) is 5.74. The minimum absolute atomic E-state index is 0.0423. The fraction of sp³-hybridized carbons (Fsp3) is 0.222. The van der Waals surface area contributed by atoms with Crippen molar-refractivity contribution in [3.05, 3.63) is 54.1 Å². The monoisotopic (exact) mass is 311 g/mol. The maximum absolute atomic E-state index is 11.9. The van der Waals surface area contributed by atoms with Crippen LogP contribution in [0.3, 0.4) is 0 Å². The second-order valence-corrected chi connectivity index (χ2v) is 5.25. The Bertz CT molecular complexity index is 681. The molecule has 0 saturated carbocycles. The van der Waals surface area contributed by atoms with E-state index < -0.39 is 0 Å². The van der Waals surface area contributed by atoms with Crippen LogP contribution in [-0.2, 0) is 9.59 Å². The van der Waals surface area contributed by atoms with Crippen molar-refractivity contribution in [1.82, 2.24) is 0 Å². The average molecular weight is 311 g/mol. The molecule has 0 heterocycles. The Hall–Kier alpha value is -2.82. The Morgan fingerprint density at radius 3 is 2.22 bits per heavy atom. The number of anilines is 3. The molecule has 5 heteroatoms. The number of hydrogen-bond acceptors (Lipinski definition) is 3. The molecule has 120 valence electrons. The van der Waals surface area contributed by atoms with Gasteiger partial charge >= 0.3 is 0 Å². The van der Waals surface area contributed by atoms with E-state index >= 15 is 0 Å². The Morgan fingerprint density at radius 1 is 0.870 bits per heavy atom. The van der Waals surface area contributed by atoms with E-state index in [-0.39, 0.29) is 18.4 Å². The van der Waals surface area contributed by atoms with Crippen LogP contribution in [0.5, 0.6) is 0 Å². The summed E-state index contributed by atoms with van der Waals surface area (Å²) in [6.45, 7) is 3.95. The van der Waals surface area contributed by atoms with Crippen molar-refractivity contribution in [1.29, 1.82) is 0 Å². The Morgan fingerprint density at radius 2 is 1.52 bits per heavy atom. The van der Waals surface area contributed by atoms with Crippen molar-refractivity contribution in [3.63, 3.8) is 0 Å². The third kappa shape index (κ3) is 5.47. The van der Waals surface area contributed by atoms with Crippen molar-refractivity contribution in [2.75, 3.05) is 22.5 Å². The van der Waals surface area contributed by atoms with Crippen LogP contribution in [0.2, 0.25) is 0 Å². The summed E-state index contributed by atoms with van der Waals surface area (Å²) in [5.74, 6) is -0.170. The number of carbonyl (C=O) groups is 2. The highest BCUT2D eigenvalue weighted by Gasteiger charge is 2.04. The predicted octanol–water partition coefficient (Wildman–Crippen LogP) is 3.39. The zero-order valence-corrected chi connectivity index (χ0v) is 13.3.